The van der Waals surface area contributed by atoms with E-state index < -0.39 is 24.0 Å². The number of urea groups is 1. The monoisotopic (exact) mass is 397 g/mol. The van der Waals surface area contributed by atoms with E-state index >= 15 is 0 Å². The highest BCUT2D eigenvalue weighted by Gasteiger charge is 2.30. The van der Waals surface area contributed by atoms with Crippen LogP contribution in [0.15, 0.2) is 15.8 Å². The predicted molar refractivity (Wildman–Crippen MR) is 97.9 cm³/mol. The fourth-order valence-electron chi connectivity index (χ4n) is 2.53. The first-order valence-corrected chi connectivity index (χ1v) is 9.61. The Labute approximate surface area is 161 Å². The minimum absolute atomic E-state index is 0.119. The molecule has 0 saturated carbocycles. The van der Waals surface area contributed by atoms with Crippen molar-refractivity contribution < 1.29 is 28.4 Å². The van der Waals surface area contributed by atoms with Crippen molar-refractivity contribution in [2.24, 2.45) is 0 Å². The number of carbonyl (C=O) groups excluding carboxylic acids is 3. The molecule has 1 atom stereocenters. The van der Waals surface area contributed by atoms with Crippen molar-refractivity contribution in [3.05, 3.63) is 28.3 Å². The molecule has 1 aromatic heterocycles. The summed E-state index contributed by atoms with van der Waals surface area (Å²) in [6.45, 7) is 7.00. The van der Waals surface area contributed by atoms with Crippen molar-refractivity contribution in [3.63, 3.8) is 0 Å². The lowest BCUT2D eigenvalue weighted by Gasteiger charge is -2.26. The Morgan fingerprint density at radius 3 is 2.67 bits per heavy atom. The highest BCUT2D eigenvalue weighted by atomic mass is 32.2. The van der Waals surface area contributed by atoms with E-state index in [0.29, 0.717) is 5.75 Å². The number of carbonyl (C=O) groups is 3. The molecule has 0 fully saturated rings. The van der Waals surface area contributed by atoms with Crippen LogP contribution >= 0.6 is 11.8 Å². The molecule has 0 aromatic carbocycles. The van der Waals surface area contributed by atoms with Crippen LogP contribution < -0.4 is 10.6 Å². The molecule has 0 bridgehead atoms. The summed E-state index contributed by atoms with van der Waals surface area (Å²) in [5.74, 6) is 0.404. The number of aromatic nitrogens is 1. The quantitative estimate of drug-likeness (QED) is 0.635. The van der Waals surface area contributed by atoms with Gasteiger partial charge in [0.25, 0.3) is 0 Å². The van der Waals surface area contributed by atoms with E-state index in [1.807, 2.05) is 13.8 Å². The first-order chi connectivity index (χ1) is 12.8. The predicted octanol–water partition coefficient (Wildman–Crippen LogP) is 1.59. The van der Waals surface area contributed by atoms with Crippen molar-refractivity contribution in [2.75, 3.05) is 19.0 Å². The molecule has 1 aromatic rings. The molecule has 2 heterocycles. The number of hydrogen-bond acceptors (Lipinski definition) is 8. The summed E-state index contributed by atoms with van der Waals surface area (Å²) < 4.78 is 15.3. The standard InChI is InChI=1S/C17H23N3O6S/c1-5-24-16(22)15-10(3)18-17(23)19-13(15)6-25-14(21)8-27-7-12-9(2)20-26-11(12)4/h10H,5-8H2,1-4H3,(H2,18,19,23)/t10-/m0/s1. The smallest absolute Gasteiger partial charge is 0.338 e. The first-order valence-electron chi connectivity index (χ1n) is 8.46. The zero-order valence-electron chi connectivity index (χ0n) is 15.7. The summed E-state index contributed by atoms with van der Waals surface area (Å²) in [5, 5.41) is 8.95. The molecule has 0 radical (unpaired) electrons. The summed E-state index contributed by atoms with van der Waals surface area (Å²) in [5.41, 5.74) is 2.23. The highest BCUT2D eigenvalue weighted by molar-refractivity contribution is 7.99. The van der Waals surface area contributed by atoms with Gasteiger partial charge < -0.3 is 24.6 Å². The van der Waals surface area contributed by atoms with Gasteiger partial charge in [-0.25, -0.2) is 9.59 Å². The Morgan fingerprint density at radius 2 is 2.04 bits per heavy atom. The zero-order chi connectivity index (χ0) is 20.0. The average Bonchev–Trinajstić information content (AvgIpc) is 2.91. The molecule has 1 aliphatic rings. The van der Waals surface area contributed by atoms with Gasteiger partial charge in [-0.15, -0.1) is 11.8 Å². The number of esters is 2. The number of ether oxygens (including phenoxy) is 2. The molecule has 0 spiro atoms. The molecule has 1 aliphatic heterocycles. The van der Waals surface area contributed by atoms with Gasteiger partial charge in [-0.3, -0.25) is 4.79 Å². The topological polar surface area (TPSA) is 120 Å². The molecule has 10 heteroatoms. The van der Waals surface area contributed by atoms with Crippen LogP contribution in [-0.2, 0) is 24.8 Å². The third-order valence-corrected chi connectivity index (χ3v) is 4.82. The Morgan fingerprint density at radius 1 is 1.30 bits per heavy atom. The fraction of sp³-hybridized carbons (Fsp3) is 0.529. The molecule has 148 valence electrons. The summed E-state index contributed by atoms with van der Waals surface area (Å²) in [6, 6.07) is -1.00. The fourth-order valence-corrected chi connectivity index (χ4v) is 3.50. The molecule has 2 rings (SSSR count). The number of aryl methyl sites for hydroxylation is 2. The molecule has 0 unspecified atom stereocenters. The van der Waals surface area contributed by atoms with Gasteiger partial charge in [0.05, 0.1) is 35.4 Å². The minimum atomic E-state index is -0.559. The van der Waals surface area contributed by atoms with Gasteiger partial charge in [-0.1, -0.05) is 5.16 Å². The molecule has 27 heavy (non-hydrogen) atoms. The largest absolute Gasteiger partial charge is 0.463 e. The summed E-state index contributed by atoms with van der Waals surface area (Å²) >= 11 is 1.37. The van der Waals surface area contributed by atoms with E-state index in [1.165, 1.54) is 11.8 Å². The van der Waals surface area contributed by atoms with Crippen molar-refractivity contribution in [2.45, 2.75) is 39.5 Å². The third-order valence-electron chi connectivity index (χ3n) is 3.89. The van der Waals surface area contributed by atoms with E-state index in [0.717, 1.165) is 17.0 Å². The molecule has 0 saturated heterocycles. The van der Waals surface area contributed by atoms with Crippen LogP contribution in [0.5, 0.6) is 0 Å². The maximum Gasteiger partial charge on any atom is 0.338 e. The SMILES string of the molecule is CCOC(=O)C1=C(COC(=O)CSCc2c(C)noc2C)NC(=O)N[C@H]1C. The second-order valence-corrected chi connectivity index (χ2v) is 6.87. The number of amides is 2. The maximum atomic E-state index is 12.1. The van der Waals surface area contributed by atoms with Gasteiger partial charge in [-0.05, 0) is 27.7 Å². The molecule has 2 amide bonds. The second kappa shape index (κ2) is 9.45. The van der Waals surface area contributed by atoms with E-state index in [1.54, 1.807) is 13.8 Å². The van der Waals surface area contributed by atoms with Crippen LogP contribution in [-0.4, -0.2) is 48.1 Å². The normalized spacial score (nSPS) is 16.6. The van der Waals surface area contributed by atoms with E-state index in [9.17, 15) is 14.4 Å². The van der Waals surface area contributed by atoms with Gasteiger partial charge in [0.1, 0.15) is 12.4 Å². The van der Waals surface area contributed by atoms with Gasteiger partial charge in [0.15, 0.2) is 0 Å². The number of thioether (sulfide) groups is 1. The van der Waals surface area contributed by atoms with Crippen molar-refractivity contribution >= 4 is 29.7 Å². The third kappa shape index (κ3) is 5.49. The lowest BCUT2D eigenvalue weighted by Crippen LogP contribution is -2.50. The van der Waals surface area contributed by atoms with Gasteiger partial charge in [0.2, 0.25) is 0 Å². The van der Waals surface area contributed by atoms with E-state index in [2.05, 4.69) is 15.8 Å². The molecule has 2 N–H and O–H groups in total. The van der Waals surface area contributed by atoms with Crippen LogP contribution in [0.2, 0.25) is 0 Å². The summed E-state index contributed by atoms with van der Waals surface area (Å²) in [6.07, 6.45) is 0. The Kier molecular flexibility index (Phi) is 7.28. The lowest BCUT2D eigenvalue weighted by atomic mass is 10.0. The van der Waals surface area contributed by atoms with Crippen molar-refractivity contribution in [1.29, 1.82) is 0 Å². The van der Waals surface area contributed by atoms with Crippen LogP contribution in [0.3, 0.4) is 0 Å². The van der Waals surface area contributed by atoms with Crippen molar-refractivity contribution in [1.82, 2.24) is 15.8 Å². The molecular weight excluding hydrogens is 374 g/mol. The maximum absolute atomic E-state index is 12.1. The number of rotatable bonds is 8. The van der Waals surface area contributed by atoms with Gasteiger partial charge >= 0.3 is 18.0 Å². The van der Waals surface area contributed by atoms with Crippen LogP contribution in [0.4, 0.5) is 4.79 Å². The van der Waals surface area contributed by atoms with Crippen LogP contribution in [0.25, 0.3) is 0 Å². The van der Waals surface area contributed by atoms with Crippen molar-refractivity contribution in [3.8, 4) is 0 Å². The molecule has 0 aliphatic carbocycles. The minimum Gasteiger partial charge on any atom is -0.463 e. The van der Waals surface area contributed by atoms with Crippen LogP contribution in [0, 0.1) is 13.8 Å². The zero-order valence-corrected chi connectivity index (χ0v) is 16.5. The summed E-state index contributed by atoms with van der Waals surface area (Å²) in [7, 11) is 0. The van der Waals surface area contributed by atoms with E-state index in [-0.39, 0.29) is 30.2 Å². The average molecular weight is 397 g/mol. The number of nitrogens with one attached hydrogen (secondary N) is 2. The Hall–Kier alpha value is -2.49. The molecular formula is C17H23N3O6S. The van der Waals surface area contributed by atoms with Crippen LogP contribution in [0.1, 0.15) is 30.9 Å². The second-order valence-electron chi connectivity index (χ2n) is 5.89. The Balaban J connectivity index is 1.91. The highest BCUT2D eigenvalue weighted by Crippen LogP contribution is 2.20. The number of nitrogens with zero attached hydrogens (tertiary/aromatic N) is 1. The Bertz CT molecular complexity index is 738. The van der Waals surface area contributed by atoms with Gasteiger partial charge in [-0.2, -0.15) is 0 Å². The summed E-state index contributed by atoms with van der Waals surface area (Å²) in [4.78, 5) is 35.8. The van der Waals surface area contributed by atoms with Gasteiger partial charge in [0, 0.05) is 11.3 Å². The number of hydrogen-bond donors (Lipinski definition) is 2. The van der Waals surface area contributed by atoms with E-state index in [4.69, 9.17) is 14.0 Å². The molecule has 9 nitrogen and oxygen atoms in total. The lowest BCUT2D eigenvalue weighted by molar-refractivity contribution is -0.141. The first kappa shape index (κ1) is 20.8.